The third kappa shape index (κ3) is 2.54. The van der Waals surface area contributed by atoms with Crippen LogP contribution in [0.1, 0.15) is 13.3 Å². The first kappa shape index (κ1) is 9.06. The zero-order chi connectivity index (χ0) is 8.81. The fraction of sp³-hybridized carbons (Fsp3) is 0.625. The lowest BCUT2D eigenvalue weighted by atomic mass is 10.5. The van der Waals surface area contributed by atoms with Gasteiger partial charge in [0.25, 0.3) is 0 Å². The average molecular weight is 169 g/mol. The molecule has 0 aliphatic carbocycles. The summed E-state index contributed by atoms with van der Waals surface area (Å²) >= 11 is 0. The first-order valence-corrected chi connectivity index (χ1v) is 4.29. The first-order chi connectivity index (χ1) is 5.84. The molecule has 0 spiro atoms. The molecule has 4 heteroatoms. The second-order valence-corrected chi connectivity index (χ2v) is 2.71. The van der Waals surface area contributed by atoms with E-state index in [1.165, 1.54) is 0 Å². The number of nitrogens with one attached hydrogen (secondary N) is 2. The van der Waals surface area contributed by atoms with Crippen molar-refractivity contribution in [3.05, 3.63) is 22.9 Å². The number of imidazole rings is 1. The Hall–Kier alpha value is -1.03. The van der Waals surface area contributed by atoms with Crippen LogP contribution in [0.4, 0.5) is 0 Å². The molecule has 0 atom stereocenters. The SMILES string of the molecule is CCCNCCn1cc[nH]c1=O. The molecule has 0 aliphatic heterocycles. The maximum absolute atomic E-state index is 11.0. The Morgan fingerprint density at radius 1 is 1.58 bits per heavy atom. The van der Waals surface area contributed by atoms with Crippen LogP contribution in [0.25, 0.3) is 0 Å². The van der Waals surface area contributed by atoms with E-state index in [0.29, 0.717) is 0 Å². The van der Waals surface area contributed by atoms with Crippen molar-refractivity contribution in [3.63, 3.8) is 0 Å². The van der Waals surface area contributed by atoms with Crippen LogP contribution < -0.4 is 11.0 Å². The molecule has 2 N–H and O–H groups in total. The van der Waals surface area contributed by atoms with Crippen LogP contribution in [0.3, 0.4) is 0 Å². The number of aromatic amines is 1. The smallest absolute Gasteiger partial charge is 0.315 e. The molecule has 1 rings (SSSR count). The molecule has 0 saturated carbocycles. The number of hydrogen-bond acceptors (Lipinski definition) is 2. The fourth-order valence-corrected chi connectivity index (χ4v) is 1.03. The predicted octanol–water partition coefficient (Wildman–Crippen LogP) is 0.176. The van der Waals surface area contributed by atoms with Crippen molar-refractivity contribution in [2.24, 2.45) is 0 Å². The van der Waals surface area contributed by atoms with Gasteiger partial charge in [-0.15, -0.1) is 0 Å². The minimum Gasteiger partial charge on any atom is -0.315 e. The lowest BCUT2D eigenvalue weighted by Crippen LogP contribution is -2.25. The molecule has 0 bridgehead atoms. The summed E-state index contributed by atoms with van der Waals surface area (Å²) in [6.07, 6.45) is 4.54. The molecule has 0 fully saturated rings. The molecule has 0 amide bonds. The van der Waals surface area contributed by atoms with Gasteiger partial charge in [-0.25, -0.2) is 4.79 Å². The van der Waals surface area contributed by atoms with Gasteiger partial charge in [-0.3, -0.25) is 4.57 Å². The molecule has 1 aromatic rings. The van der Waals surface area contributed by atoms with Crippen molar-refractivity contribution in [1.82, 2.24) is 14.9 Å². The monoisotopic (exact) mass is 169 g/mol. The Bertz CT molecular complexity index is 263. The Morgan fingerprint density at radius 3 is 3.00 bits per heavy atom. The average Bonchev–Trinajstić information content (AvgIpc) is 2.46. The number of H-pyrrole nitrogens is 1. The lowest BCUT2D eigenvalue weighted by Gasteiger charge is -2.01. The van der Waals surface area contributed by atoms with E-state index < -0.39 is 0 Å². The van der Waals surface area contributed by atoms with Gasteiger partial charge >= 0.3 is 5.69 Å². The van der Waals surface area contributed by atoms with E-state index >= 15 is 0 Å². The second kappa shape index (κ2) is 4.77. The molecule has 12 heavy (non-hydrogen) atoms. The van der Waals surface area contributed by atoms with Crippen molar-refractivity contribution < 1.29 is 0 Å². The van der Waals surface area contributed by atoms with Crippen molar-refractivity contribution in [1.29, 1.82) is 0 Å². The molecular formula is C8H15N3O. The van der Waals surface area contributed by atoms with Crippen LogP contribution in [0, 0.1) is 0 Å². The van der Waals surface area contributed by atoms with Gasteiger partial charge in [0, 0.05) is 25.5 Å². The Morgan fingerprint density at radius 2 is 2.42 bits per heavy atom. The van der Waals surface area contributed by atoms with Crippen LogP contribution in [0.15, 0.2) is 17.2 Å². The fourth-order valence-electron chi connectivity index (χ4n) is 1.03. The van der Waals surface area contributed by atoms with Gasteiger partial charge in [-0.05, 0) is 13.0 Å². The number of hydrogen-bond donors (Lipinski definition) is 2. The van der Waals surface area contributed by atoms with Crippen LogP contribution in [0.5, 0.6) is 0 Å². The van der Waals surface area contributed by atoms with Crippen LogP contribution in [0.2, 0.25) is 0 Å². The maximum atomic E-state index is 11.0. The summed E-state index contributed by atoms with van der Waals surface area (Å²) in [5, 5.41) is 3.23. The molecule has 0 radical (unpaired) electrons. The van der Waals surface area contributed by atoms with Gasteiger partial charge in [0.2, 0.25) is 0 Å². The summed E-state index contributed by atoms with van der Waals surface area (Å²) < 4.78 is 1.66. The molecule has 0 aliphatic rings. The molecular weight excluding hydrogens is 154 g/mol. The minimum atomic E-state index is -0.0340. The predicted molar refractivity (Wildman–Crippen MR) is 48.2 cm³/mol. The Labute approximate surface area is 71.6 Å². The molecule has 1 heterocycles. The van der Waals surface area contributed by atoms with Gasteiger partial charge in [0.05, 0.1) is 0 Å². The highest BCUT2D eigenvalue weighted by Crippen LogP contribution is 1.77. The van der Waals surface area contributed by atoms with E-state index in [1.807, 2.05) is 0 Å². The normalized spacial score (nSPS) is 10.4. The highest BCUT2D eigenvalue weighted by atomic mass is 16.1. The van der Waals surface area contributed by atoms with Gasteiger partial charge in [-0.1, -0.05) is 6.92 Å². The molecule has 4 nitrogen and oxygen atoms in total. The molecule has 68 valence electrons. The number of nitrogens with zero attached hydrogens (tertiary/aromatic N) is 1. The highest BCUT2D eigenvalue weighted by Gasteiger charge is 1.93. The van der Waals surface area contributed by atoms with E-state index in [4.69, 9.17) is 0 Å². The van der Waals surface area contributed by atoms with Crippen LogP contribution in [-0.4, -0.2) is 22.6 Å². The highest BCUT2D eigenvalue weighted by molar-refractivity contribution is 4.75. The summed E-state index contributed by atoms with van der Waals surface area (Å²) in [6, 6.07) is 0. The maximum Gasteiger partial charge on any atom is 0.325 e. The molecule has 0 saturated heterocycles. The summed E-state index contributed by atoms with van der Waals surface area (Å²) in [7, 11) is 0. The van der Waals surface area contributed by atoms with Crippen LogP contribution >= 0.6 is 0 Å². The standard InChI is InChI=1S/C8H15N3O/c1-2-3-9-4-6-11-7-5-10-8(11)12/h5,7,9H,2-4,6H2,1H3,(H,10,12). The van der Waals surface area contributed by atoms with Crippen molar-refractivity contribution >= 4 is 0 Å². The Kier molecular flexibility index (Phi) is 3.60. The minimum absolute atomic E-state index is 0.0340. The second-order valence-electron chi connectivity index (χ2n) is 2.71. The van der Waals surface area contributed by atoms with E-state index in [9.17, 15) is 4.79 Å². The quantitative estimate of drug-likeness (QED) is 0.618. The van der Waals surface area contributed by atoms with E-state index in [2.05, 4.69) is 17.2 Å². The topological polar surface area (TPSA) is 49.8 Å². The third-order valence-electron chi connectivity index (χ3n) is 1.68. The largest absolute Gasteiger partial charge is 0.325 e. The lowest BCUT2D eigenvalue weighted by molar-refractivity contribution is 0.583. The van der Waals surface area contributed by atoms with Crippen molar-refractivity contribution in [2.75, 3.05) is 13.1 Å². The van der Waals surface area contributed by atoms with Gasteiger partial charge < -0.3 is 10.3 Å². The van der Waals surface area contributed by atoms with E-state index in [-0.39, 0.29) is 5.69 Å². The summed E-state index contributed by atoms with van der Waals surface area (Å²) in [5.74, 6) is 0. The zero-order valence-electron chi connectivity index (χ0n) is 7.34. The summed E-state index contributed by atoms with van der Waals surface area (Å²) in [4.78, 5) is 13.6. The first-order valence-electron chi connectivity index (χ1n) is 4.29. The molecule has 1 aromatic heterocycles. The summed E-state index contributed by atoms with van der Waals surface area (Å²) in [5.41, 5.74) is -0.0340. The van der Waals surface area contributed by atoms with Crippen LogP contribution in [-0.2, 0) is 6.54 Å². The number of aromatic nitrogens is 2. The van der Waals surface area contributed by atoms with Crippen molar-refractivity contribution in [2.45, 2.75) is 19.9 Å². The van der Waals surface area contributed by atoms with E-state index in [1.54, 1.807) is 17.0 Å². The van der Waals surface area contributed by atoms with Gasteiger partial charge in [0.15, 0.2) is 0 Å². The third-order valence-corrected chi connectivity index (χ3v) is 1.68. The molecule has 0 aromatic carbocycles. The van der Waals surface area contributed by atoms with Gasteiger partial charge in [0.1, 0.15) is 0 Å². The zero-order valence-corrected chi connectivity index (χ0v) is 7.34. The molecule has 0 unspecified atom stereocenters. The van der Waals surface area contributed by atoms with E-state index in [0.717, 1.165) is 26.1 Å². The Balaban J connectivity index is 2.24. The number of rotatable bonds is 5. The van der Waals surface area contributed by atoms with Crippen molar-refractivity contribution in [3.8, 4) is 0 Å². The summed E-state index contributed by atoms with van der Waals surface area (Å²) in [6.45, 7) is 4.72. The van der Waals surface area contributed by atoms with Gasteiger partial charge in [-0.2, -0.15) is 0 Å².